The Labute approximate surface area is 226 Å². The van der Waals surface area contributed by atoms with Gasteiger partial charge in [-0.3, -0.25) is 0 Å². The molecule has 204 valence electrons. The normalized spacial score (nSPS) is 32.8. The molecule has 0 aliphatic heterocycles. The van der Waals surface area contributed by atoms with Crippen LogP contribution >= 0.6 is 0 Å². The van der Waals surface area contributed by atoms with E-state index in [2.05, 4.69) is 82.9 Å². The molecule has 3 aliphatic carbocycles. The lowest BCUT2D eigenvalue weighted by Crippen LogP contribution is -2.50. The fourth-order valence-corrected chi connectivity index (χ4v) is 8.07. The first kappa shape index (κ1) is 28.0. The minimum Gasteiger partial charge on any atom is -0.544 e. The third kappa shape index (κ3) is 5.73. The van der Waals surface area contributed by atoms with Gasteiger partial charge in [-0.25, -0.2) is 0 Å². The maximum atomic E-state index is 6.61. The zero-order valence-electron chi connectivity index (χ0n) is 24.5. The van der Waals surface area contributed by atoms with Crippen molar-refractivity contribution in [1.29, 1.82) is 0 Å². The predicted molar refractivity (Wildman–Crippen MR) is 154 cm³/mol. The molecule has 4 rings (SSSR count). The van der Waals surface area contributed by atoms with E-state index in [0.717, 1.165) is 43.0 Å². The van der Waals surface area contributed by atoms with Crippen molar-refractivity contribution in [3.63, 3.8) is 0 Å². The quantitative estimate of drug-likeness (QED) is 0.339. The molecule has 0 amide bonds. The first-order valence-corrected chi connectivity index (χ1v) is 17.4. The molecule has 1 aromatic rings. The average Bonchev–Trinajstić information content (AvgIpc) is 3.21. The van der Waals surface area contributed by atoms with Gasteiger partial charge in [0.2, 0.25) is 8.32 Å². The van der Waals surface area contributed by atoms with Gasteiger partial charge in [-0.2, -0.15) is 0 Å². The van der Waals surface area contributed by atoms with Crippen LogP contribution in [0.1, 0.15) is 52.0 Å². The van der Waals surface area contributed by atoms with Crippen molar-refractivity contribution >= 4 is 8.32 Å². The molecule has 1 fully saturated rings. The molecule has 5 atom stereocenters. The van der Waals surface area contributed by atoms with E-state index in [0.29, 0.717) is 17.8 Å². The smallest absolute Gasteiger partial charge is 0.242 e. The minimum absolute atomic E-state index is 0.00661. The van der Waals surface area contributed by atoms with Crippen LogP contribution < -0.4 is 4.74 Å². The first-order valence-electron chi connectivity index (χ1n) is 13.9. The van der Waals surface area contributed by atoms with E-state index < -0.39 is 8.32 Å². The largest absolute Gasteiger partial charge is 0.544 e. The van der Waals surface area contributed by atoms with Gasteiger partial charge in [0.1, 0.15) is 11.5 Å². The van der Waals surface area contributed by atoms with Gasteiger partial charge in [-0.15, -0.1) is 0 Å². The average molecular weight is 525 g/mol. The molecular formula is C32H48O4Si. The molecule has 3 aliphatic rings. The molecule has 1 saturated carbocycles. The maximum absolute atomic E-state index is 6.61. The summed E-state index contributed by atoms with van der Waals surface area (Å²) in [6.45, 7) is 14.2. The van der Waals surface area contributed by atoms with Crippen LogP contribution in [-0.4, -0.2) is 35.8 Å². The van der Waals surface area contributed by atoms with E-state index in [1.165, 1.54) is 17.6 Å². The number of allylic oxidation sites excluding steroid dienone is 4. The van der Waals surface area contributed by atoms with Crippen molar-refractivity contribution in [3.05, 3.63) is 65.1 Å². The molecule has 2 bridgehead atoms. The van der Waals surface area contributed by atoms with E-state index >= 15 is 0 Å². The summed E-state index contributed by atoms with van der Waals surface area (Å²) in [5, 5.41) is 0. The van der Waals surface area contributed by atoms with Crippen molar-refractivity contribution in [1.82, 2.24) is 0 Å². The van der Waals surface area contributed by atoms with Crippen LogP contribution in [0.15, 0.2) is 59.6 Å². The van der Waals surface area contributed by atoms with Gasteiger partial charge in [0, 0.05) is 24.0 Å². The summed E-state index contributed by atoms with van der Waals surface area (Å²) < 4.78 is 24.5. The van der Waals surface area contributed by atoms with E-state index in [1.807, 2.05) is 14.2 Å². The second-order valence-corrected chi connectivity index (χ2v) is 17.5. The molecule has 37 heavy (non-hydrogen) atoms. The standard InChI is InChI=1S/C32H48O4Si/c1-31(2)24(18-22-10-13-25(33-4)14-11-22)16-17-32(3)29(31)21-27(34-5)26-19-23(12-15-30(32)35-6)20-28(26)36-37(7,8)9/h10-11,13-15,19-20,23-24,27,29H,12,16-18,21H2,1-9H3/b30-15+/t23-,24+,27+,29+,32+/m0/s1. The Morgan fingerprint density at radius 1 is 0.946 bits per heavy atom. The third-order valence-corrected chi connectivity index (χ3v) is 10.1. The number of ether oxygens (including phenoxy) is 3. The highest BCUT2D eigenvalue weighted by Crippen LogP contribution is 2.60. The van der Waals surface area contributed by atoms with Crippen LogP contribution in [0, 0.1) is 28.6 Å². The zero-order valence-corrected chi connectivity index (χ0v) is 25.5. The SMILES string of the molecule is CO/C1=C/C[C@@H]2C=C(O[Si](C)(C)C)C(=C2)[C@H](OC)C[C@@H]2C(C)(C)[C@@H](Cc3ccc(OC)cc3)CC[C@@]12C. The van der Waals surface area contributed by atoms with E-state index in [1.54, 1.807) is 7.11 Å². The van der Waals surface area contributed by atoms with Crippen LogP contribution in [0.3, 0.4) is 0 Å². The monoisotopic (exact) mass is 524 g/mol. The molecule has 0 N–H and O–H groups in total. The molecule has 0 spiro atoms. The lowest BCUT2D eigenvalue weighted by molar-refractivity contribution is -0.0714. The van der Waals surface area contributed by atoms with Crippen LogP contribution in [-0.2, 0) is 20.3 Å². The van der Waals surface area contributed by atoms with E-state index in [4.69, 9.17) is 18.6 Å². The van der Waals surface area contributed by atoms with Crippen molar-refractivity contribution in [2.24, 2.45) is 28.6 Å². The Hall–Kier alpha value is -1.98. The second kappa shape index (κ2) is 10.6. The Kier molecular flexibility index (Phi) is 8.07. The maximum Gasteiger partial charge on any atom is 0.242 e. The highest BCUT2D eigenvalue weighted by molar-refractivity contribution is 6.70. The summed E-state index contributed by atoms with van der Waals surface area (Å²) in [7, 11) is 3.69. The molecule has 0 heterocycles. The molecule has 4 nitrogen and oxygen atoms in total. The lowest BCUT2D eigenvalue weighted by Gasteiger charge is -2.56. The van der Waals surface area contributed by atoms with Gasteiger partial charge < -0.3 is 18.6 Å². The number of rotatable bonds is 7. The van der Waals surface area contributed by atoms with Crippen molar-refractivity contribution in [2.75, 3.05) is 21.3 Å². The van der Waals surface area contributed by atoms with E-state index in [-0.39, 0.29) is 16.9 Å². The first-order chi connectivity index (χ1) is 17.4. The highest BCUT2D eigenvalue weighted by Gasteiger charge is 2.54. The van der Waals surface area contributed by atoms with Gasteiger partial charge >= 0.3 is 0 Å². The van der Waals surface area contributed by atoms with Gasteiger partial charge in [-0.05, 0) is 98.8 Å². The molecule has 5 heteroatoms. The van der Waals surface area contributed by atoms with Crippen molar-refractivity contribution < 1.29 is 18.6 Å². The van der Waals surface area contributed by atoms with Crippen molar-refractivity contribution in [2.45, 2.75) is 78.6 Å². The Morgan fingerprint density at radius 3 is 2.24 bits per heavy atom. The summed E-state index contributed by atoms with van der Waals surface area (Å²) >= 11 is 0. The summed E-state index contributed by atoms with van der Waals surface area (Å²) in [6.07, 6.45) is 12.3. The zero-order chi connectivity index (χ0) is 27.0. The number of hydrogen-bond donors (Lipinski definition) is 0. The summed E-state index contributed by atoms with van der Waals surface area (Å²) in [5.74, 6) is 4.39. The van der Waals surface area contributed by atoms with Gasteiger partial charge in [0.25, 0.3) is 0 Å². The molecule has 0 unspecified atom stereocenters. The molecule has 0 radical (unpaired) electrons. The Morgan fingerprint density at radius 2 is 1.65 bits per heavy atom. The second-order valence-electron chi connectivity index (χ2n) is 13.1. The molecule has 1 aromatic carbocycles. The lowest BCUT2D eigenvalue weighted by atomic mass is 9.49. The topological polar surface area (TPSA) is 36.9 Å². The number of hydrogen-bond acceptors (Lipinski definition) is 4. The highest BCUT2D eigenvalue weighted by atomic mass is 28.4. The van der Waals surface area contributed by atoms with Crippen LogP contribution in [0.2, 0.25) is 19.6 Å². The number of benzene rings is 1. The number of fused-ring (bicyclic) bond motifs is 2. The minimum atomic E-state index is -1.76. The van der Waals surface area contributed by atoms with Crippen LogP contribution in [0.5, 0.6) is 5.75 Å². The number of methoxy groups -OCH3 is 3. The molecular weight excluding hydrogens is 476 g/mol. The molecule has 0 saturated heterocycles. The fourth-order valence-electron chi connectivity index (χ4n) is 7.23. The van der Waals surface area contributed by atoms with Gasteiger partial charge in [0.15, 0.2) is 0 Å². The Balaban J connectivity index is 1.70. The Bertz CT molecular complexity index is 1050. The summed E-state index contributed by atoms with van der Waals surface area (Å²) in [4.78, 5) is 0. The molecule has 0 aromatic heterocycles. The van der Waals surface area contributed by atoms with Crippen molar-refractivity contribution in [3.8, 4) is 5.75 Å². The van der Waals surface area contributed by atoms with Gasteiger partial charge in [-0.1, -0.05) is 39.0 Å². The fraction of sp³-hybridized carbons (Fsp3) is 0.625. The van der Waals surface area contributed by atoms with Crippen LogP contribution in [0.25, 0.3) is 0 Å². The summed E-state index contributed by atoms with van der Waals surface area (Å²) in [6, 6.07) is 8.62. The predicted octanol–water partition coefficient (Wildman–Crippen LogP) is 7.93. The third-order valence-electron chi connectivity index (χ3n) is 9.27. The van der Waals surface area contributed by atoms with E-state index in [9.17, 15) is 0 Å². The van der Waals surface area contributed by atoms with Crippen LogP contribution in [0.4, 0.5) is 0 Å². The van der Waals surface area contributed by atoms with Gasteiger partial charge in [0.05, 0.1) is 26.1 Å². The summed E-state index contributed by atoms with van der Waals surface area (Å²) in [5.41, 5.74) is 2.67.